The molecule has 0 unspecified atom stereocenters. The molecule has 104 valence electrons. The summed E-state index contributed by atoms with van der Waals surface area (Å²) in [6, 6.07) is 0. The van der Waals surface area contributed by atoms with Crippen LogP contribution in [-0.4, -0.2) is 52.1 Å². The fourth-order valence-electron chi connectivity index (χ4n) is 1.77. The lowest BCUT2D eigenvalue weighted by Gasteiger charge is -2.29. The van der Waals surface area contributed by atoms with Gasteiger partial charge in [0.05, 0.1) is 19.8 Å². The van der Waals surface area contributed by atoms with Crippen LogP contribution in [0, 0.1) is 5.41 Å². The molecule has 0 radical (unpaired) electrons. The monoisotopic (exact) mass is 257 g/mol. The average molecular weight is 257 g/mol. The van der Waals surface area contributed by atoms with Crippen LogP contribution >= 0.6 is 0 Å². The highest BCUT2D eigenvalue weighted by atomic mass is 16.5. The fourth-order valence-corrected chi connectivity index (χ4v) is 1.77. The average Bonchev–Trinajstić information content (AvgIpc) is 2.76. The highest BCUT2D eigenvalue weighted by molar-refractivity contribution is 4.87. The number of aliphatic hydroxyl groups is 2. The van der Waals surface area contributed by atoms with Crippen molar-refractivity contribution in [1.82, 2.24) is 15.0 Å². The molecular formula is C12H23N3O3. The Morgan fingerprint density at radius 2 is 2.00 bits per heavy atom. The van der Waals surface area contributed by atoms with Gasteiger partial charge in [0.1, 0.15) is 0 Å². The van der Waals surface area contributed by atoms with E-state index in [1.54, 1.807) is 0 Å². The van der Waals surface area contributed by atoms with Gasteiger partial charge < -0.3 is 14.7 Å². The van der Waals surface area contributed by atoms with Crippen molar-refractivity contribution in [3.63, 3.8) is 0 Å². The molecule has 2 N–H and O–H groups in total. The predicted molar refractivity (Wildman–Crippen MR) is 66.9 cm³/mol. The van der Waals surface area contributed by atoms with Crippen molar-refractivity contribution in [1.29, 1.82) is 0 Å². The van der Waals surface area contributed by atoms with Crippen LogP contribution in [0.2, 0.25) is 0 Å². The molecule has 0 saturated carbocycles. The quantitative estimate of drug-likeness (QED) is 0.703. The Labute approximate surface area is 108 Å². The van der Waals surface area contributed by atoms with Gasteiger partial charge in [-0.05, 0) is 13.5 Å². The lowest BCUT2D eigenvalue weighted by atomic mass is 9.92. The summed E-state index contributed by atoms with van der Waals surface area (Å²) >= 11 is 0. The second-order valence-corrected chi connectivity index (χ2v) is 5.15. The van der Waals surface area contributed by atoms with Gasteiger partial charge in [-0.2, -0.15) is 4.98 Å². The summed E-state index contributed by atoms with van der Waals surface area (Å²) < 4.78 is 5.10. The second kappa shape index (κ2) is 6.82. The van der Waals surface area contributed by atoms with E-state index < -0.39 is 5.41 Å². The number of hydrogen-bond acceptors (Lipinski definition) is 6. The van der Waals surface area contributed by atoms with Gasteiger partial charge >= 0.3 is 0 Å². The Balaban J connectivity index is 2.50. The SMILES string of the molecule is CCCc1nc(CN(C)CC(C)(CO)CO)no1. The molecule has 0 aliphatic carbocycles. The van der Waals surface area contributed by atoms with E-state index in [0.29, 0.717) is 24.8 Å². The minimum atomic E-state index is -0.509. The zero-order valence-electron chi connectivity index (χ0n) is 11.4. The van der Waals surface area contributed by atoms with Crippen molar-refractivity contribution in [3.05, 3.63) is 11.7 Å². The summed E-state index contributed by atoms with van der Waals surface area (Å²) in [6.45, 7) is 4.90. The number of rotatable bonds is 8. The first kappa shape index (κ1) is 15.1. The standard InChI is InChI=1S/C12H23N3O3/c1-4-5-11-13-10(14-18-11)6-15(3)7-12(2,8-16)9-17/h16-17H,4-9H2,1-3H3. The van der Waals surface area contributed by atoms with E-state index in [1.807, 2.05) is 18.9 Å². The Morgan fingerprint density at radius 3 is 2.56 bits per heavy atom. The molecular weight excluding hydrogens is 234 g/mol. The topological polar surface area (TPSA) is 82.6 Å². The van der Waals surface area contributed by atoms with Crippen LogP contribution in [0.3, 0.4) is 0 Å². The molecule has 0 fully saturated rings. The summed E-state index contributed by atoms with van der Waals surface area (Å²) in [6.07, 6.45) is 1.77. The maximum Gasteiger partial charge on any atom is 0.226 e. The van der Waals surface area contributed by atoms with Crippen molar-refractivity contribution in [2.24, 2.45) is 5.41 Å². The molecule has 0 aliphatic heterocycles. The third-order valence-electron chi connectivity index (χ3n) is 2.80. The lowest BCUT2D eigenvalue weighted by Crippen LogP contribution is -2.38. The fraction of sp³-hybridized carbons (Fsp3) is 0.833. The van der Waals surface area contributed by atoms with Gasteiger partial charge in [0, 0.05) is 18.4 Å². The molecule has 1 heterocycles. The molecule has 0 saturated heterocycles. The number of hydrogen-bond donors (Lipinski definition) is 2. The van der Waals surface area contributed by atoms with Crippen LogP contribution in [0.25, 0.3) is 0 Å². The van der Waals surface area contributed by atoms with Crippen LogP contribution in [0.15, 0.2) is 4.52 Å². The maximum atomic E-state index is 9.24. The first-order valence-corrected chi connectivity index (χ1v) is 6.24. The number of aryl methyl sites for hydroxylation is 1. The molecule has 0 aromatic carbocycles. The van der Waals surface area contributed by atoms with Crippen LogP contribution in [0.4, 0.5) is 0 Å². The molecule has 0 aliphatic rings. The first-order valence-electron chi connectivity index (χ1n) is 6.24. The molecule has 18 heavy (non-hydrogen) atoms. The van der Waals surface area contributed by atoms with Gasteiger partial charge in [0.2, 0.25) is 5.89 Å². The zero-order valence-corrected chi connectivity index (χ0v) is 11.4. The third-order valence-corrected chi connectivity index (χ3v) is 2.80. The molecule has 6 nitrogen and oxygen atoms in total. The molecule has 0 atom stereocenters. The summed E-state index contributed by atoms with van der Waals surface area (Å²) in [4.78, 5) is 6.24. The van der Waals surface area contributed by atoms with Crippen LogP contribution < -0.4 is 0 Å². The lowest BCUT2D eigenvalue weighted by molar-refractivity contribution is 0.0394. The van der Waals surface area contributed by atoms with Gasteiger partial charge in [-0.25, -0.2) is 0 Å². The van der Waals surface area contributed by atoms with E-state index >= 15 is 0 Å². The van der Waals surface area contributed by atoms with Gasteiger partial charge in [-0.3, -0.25) is 4.90 Å². The minimum absolute atomic E-state index is 0.0544. The third kappa shape index (κ3) is 4.36. The predicted octanol–water partition coefficient (Wildman–Crippen LogP) is 0.445. The maximum absolute atomic E-state index is 9.24. The van der Waals surface area contributed by atoms with E-state index in [2.05, 4.69) is 17.1 Å². The van der Waals surface area contributed by atoms with E-state index in [4.69, 9.17) is 4.52 Å². The molecule has 0 amide bonds. The van der Waals surface area contributed by atoms with E-state index in [-0.39, 0.29) is 13.2 Å². The molecule has 1 rings (SSSR count). The highest BCUT2D eigenvalue weighted by Crippen LogP contribution is 2.16. The van der Waals surface area contributed by atoms with E-state index in [1.165, 1.54) is 0 Å². The summed E-state index contributed by atoms with van der Waals surface area (Å²) in [5, 5.41) is 22.4. The largest absolute Gasteiger partial charge is 0.396 e. The van der Waals surface area contributed by atoms with Crippen molar-refractivity contribution in [3.8, 4) is 0 Å². The molecule has 1 aromatic rings. The summed E-state index contributed by atoms with van der Waals surface area (Å²) in [7, 11) is 1.90. The Morgan fingerprint density at radius 1 is 1.33 bits per heavy atom. The van der Waals surface area contributed by atoms with Gasteiger partial charge in [-0.1, -0.05) is 19.0 Å². The minimum Gasteiger partial charge on any atom is -0.396 e. The van der Waals surface area contributed by atoms with E-state index in [9.17, 15) is 10.2 Å². The first-order chi connectivity index (χ1) is 8.53. The molecule has 6 heteroatoms. The highest BCUT2D eigenvalue weighted by Gasteiger charge is 2.24. The van der Waals surface area contributed by atoms with Crippen molar-refractivity contribution in [2.75, 3.05) is 26.8 Å². The van der Waals surface area contributed by atoms with Crippen LogP contribution in [0.1, 0.15) is 32.0 Å². The van der Waals surface area contributed by atoms with Gasteiger partial charge in [0.25, 0.3) is 0 Å². The Bertz CT molecular complexity index is 350. The van der Waals surface area contributed by atoms with Crippen molar-refractivity contribution >= 4 is 0 Å². The van der Waals surface area contributed by atoms with Crippen LogP contribution in [-0.2, 0) is 13.0 Å². The summed E-state index contributed by atoms with van der Waals surface area (Å²) in [5.41, 5.74) is -0.509. The summed E-state index contributed by atoms with van der Waals surface area (Å²) in [5.74, 6) is 1.30. The van der Waals surface area contributed by atoms with Crippen molar-refractivity contribution < 1.29 is 14.7 Å². The number of aliphatic hydroxyl groups excluding tert-OH is 2. The van der Waals surface area contributed by atoms with Crippen LogP contribution in [0.5, 0.6) is 0 Å². The van der Waals surface area contributed by atoms with Gasteiger partial charge in [-0.15, -0.1) is 0 Å². The molecule has 0 bridgehead atoms. The zero-order chi connectivity index (χ0) is 13.6. The second-order valence-electron chi connectivity index (χ2n) is 5.15. The van der Waals surface area contributed by atoms with E-state index in [0.717, 1.165) is 12.8 Å². The van der Waals surface area contributed by atoms with Crippen molar-refractivity contribution in [2.45, 2.75) is 33.2 Å². The Kier molecular flexibility index (Phi) is 5.71. The van der Waals surface area contributed by atoms with Gasteiger partial charge in [0.15, 0.2) is 5.82 Å². The smallest absolute Gasteiger partial charge is 0.226 e. The Hall–Kier alpha value is -0.980. The molecule has 1 aromatic heterocycles. The number of aromatic nitrogens is 2. The normalized spacial score (nSPS) is 12.3. The molecule has 0 spiro atoms. The number of nitrogens with zero attached hydrogens (tertiary/aromatic N) is 3.